The van der Waals surface area contributed by atoms with Crippen LogP contribution in [0.15, 0.2) is 36.4 Å². The third-order valence-electron chi connectivity index (χ3n) is 6.72. The van der Waals surface area contributed by atoms with Crippen molar-refractivity contribution in [3.8, 4) is 0 Å². The minimum absolute atomic E-state index is 0.0401. The van der Waals surface area contributed by atoms with Crippen molar-refractivity contribution in [1.82, 2.24) is 15.1 Å². The van der Waals surface area contributed by atoms with E-state index in [1.807, 2.05) is 26.0 Å². The van der Waals surface area contributed by atoms with Crippen molar-refractivity contribution in [2.45, 2.75) is 32.1 Å². The molecule has 0 aliphatic carbocycles. The van der Waals surface area contributed by atoms with E-state index in [2.05, 4.69) is 49.6 Å². The van der Waals surface area contributed by atoms with E-state index in [1.165, 1.54) is 5.39 Å². The second kappa shape index (κ2) is 7.84. The number of H-pyrrole nitrogens is 1. The number of nitrogens with one attached hydrogen (secondary N) is 2. The lowest BCUT2D eigenvalue weighted by Crippen LogP contribution is -2.46. The number of nitrogens with zero attached hydrogens (tertiary/aromatic N) is 3. The van der Waals surface area contributed by atoms with Crippen molar-refractivity contribution in [2.75, 3.05) is 42.9 Å². The van der Waals surface area contributed by atoms with Gasteiger partial charge < -0.3 is 10.2 Å². The molecule has 162 valence electrons. The third kappa shape index (κ3) is 3.68. The van der Waals surface area contributed by atoms with E-state index in [0.717, 1.165) is 78.7 Å². The van der Waals surface area contributed by atoms with Gasteiger partial charge in [-0.1, -0.05) is 29.8 Å². The maximum atomic E-state index is 12.2. The summed E-state index contributed by atoms with van der Waals surface area (Å²) in [7, 11) is 0. The standard InChI is InChI=1S/C24H28ClN5O/c1-24(2)18-14-16(19(25)15-21(18)26-23(24)31)6-5-9-29-10-12-30(13-11-29)22-17-7-3-4-8-20(17)27-28-22/h3-4,7-8,14-15H,5-6,9-13H2,1-2H3,(H,26,31)(H,27,28). The summed E-state index contributed by atoms with van der Waals surface area (Å²) in [6.45, 7) is 9.01. The Balaban J connectivity index is 1.17. The predicted molar refractivity (Wildman–Crippen MR) is 126 cm³/mol. The molecule has 0 radical (unpaired) electrons. The van der Waals surface area contributed by atoms with Crippen LogP contribution in [-0.2, 0) is 16.6 Å². The second-order valence-electron chi connectivity index (χ2n) is 9.09. The number of halogens is 1. The molecule has 2 N–H and O–H groups in total. The number of carbonyl (C=O) groups excluding carboxylic acids is 1. The molecule has 0 atom stereocenters. The van der Waals surface area contributed by atoms with Gasteiger partial charge in [0.2, 0.25) is 5.91 Å². The first kappa shape index (κ1) is 20.3. The Kier molecular flexibility index (Phi) is 5.15. The number of anilines is 2. The Labute approximate surface area is 187 Å². The van der Waals surface area contributed by atoms with Crippen LogP contribution in [-0.4, -0.2) is 53.7 Å². The molecule has 2 aliphatic rings. The fourth-order valence-corrected chi connectivity index (χ4v) is 4.96. The Morgan fingerprint density at radius 3 is 2.71 bits per heavy atom. The molecule has 0 bridgehead atoms. The molecule has 2 aliphatic heterocycles. The average molecular weight is 438 g/mol. The van der Waals surface area contributed by atoms with Crippen LogP contribution in [0.1, 0.15) is 31.4 Å². The monoisotopic (exact) mass is 437 g/mol. The second-order valence-corrected chi connectivity index (χ2v) is 9.50. The van der Waals surface area contributed by atoms with Crippen LogP contribution in [0, 0.1) is 0 Å². The van der Waals surface area contributed by atoms with E-state index in [-0.39, 0.29) is 5.91 Å². The molecule has 5 rings (SSSR count). The number of amides is 1. The molecule has 0 saturated carbocycles. The van der Waals surface area contributed by atoms with Crippen LogP contribution in [0.2, 0.25) is 5.02 Å². The number of benzene rings is 2. The number of piperazine rings is 1. The fraction of sp³-hybridized carbons (Fsp3) is 0.417. The summed E-state index contributed by atoms with van der Waals surface area (Å²) in [6, 6.07) is 12.3. The number of aromatic nitrogens is 2. The third-order valence-corrected chi connectivity index (χ3v) is 7.07. The maximum Gasteiger partial charge on any atom is 0.234 e. The lowest BCUT2D eigenvalue weighted by molar-refractivity contribution is -0.119. The van der Waals surface area contributed by atoms with Gasteiger partial charge in [-0.2, -0.15) is 5.10 Å². The number of para-hydroxylation sites is 1. The minimum Gasteiger partial charge on any atom is -0.352 e. The lowest BCUT2D eigenvalue weighted by atomic mass is 9.85. The van der Waals surface area contributed by atoms with Gasteiger partial charge in [0.25, 0.3) is 0 Å². The van der Waals surface area contributed by atoms with E-state index in [4.69, 9.17) is 11.6 Å². The van der Waals surface area contributed by atoms with Crippen molar-refractivity contribution in [3.63, 3.8) is 0 Å². The molecule has 1 amide bonds. The summed E-state index contributed by atoms with van der Waals surface area (Å²) in [5, 5.41) is 12.6. The zero-order valence-corrected chi connectivity index (χ0v) is 18.8. The molecule has 0 unspecified atom stereocenters. The van der Waals surface area contributed by atoms with Gasteiger partial charge in [0.05, 0.1) is 10.9 Å². The summed E-state index contributed by atoms with van der Waals surface area (Å²) in [4.78, 5) is 17.1. The molecule has 7 heteroatoms. The molecule has 31 heavy (non-hydrogen) atoms. The molecular weight excluding hydrogens is 410 g/mol. The highest BCUT2D eigenvalue weighted by atomic mass is 35.5. The zero-order chi connectivity index (χ0) is 21.6. The van der Waals surface area contributed by atoms with Gasteiger partial charge in [-0.05, 0) is 62.6 Å². The van der Waals surface area contributed by atoms with Crippen LogP contribution >= 0.6 is 11.6 Å². The van der Waals surface area contributed by atoms with Crippen LogP contribution in [0.3, 0.4) is 0 Å². The van der Waals surface area contributed by atoms with Gasteiger partial charge in [-0.25, -0.2) is 0 Å². The topological polar surface area (TPSA) is 64.3 Å². The molecule has 3 heterocycles. The van der Waals surface area contributed by atoms with E-state index < -0.39 is 5.41 Å². The maximum absolute atomic E-state index is 12.2. The van der Waals surface area contributed by atoms with Gasteiger partial charge >= 0.3 is 0 Å². The molecular formula is C24H28ClN5O. The van der Waals surface area contributed by atoms with Crippen molar-refractivity contribution < 1.29 is 4.79 Å². The average Bonchev–Trinajstić information content (AvgIpc) is 3.28. The Hall–Kier alpha value is -2.57. The van der Waals surface area contributed by atoms with Gasteiger partial charge in [0, 0.05) is 42.3 Å². The van der Waals surface area contributed by atoms with Crippen molar-refractivity contribution in [3.05, 3.63) is 52.5 Å². The van der Waals surface area contributed by atoms with Crippen LogP contribution in [0.4, 0.5) is 11.5 Å². The number of carbonyl (C=O) groups is 1. The number of hydrogen-bond donors (Lipinski definition) is 2. The fourth-order valence-electron chi connectivity index (χ4n) is 4.70. The van der Waals surface area contributed by atoms with Gasteiger partial charge in [-0.3, -0.25) is 14.8 Å². The Morgan fingerprint density at radius 1 is 1.13 bits per heavy atom. The summed E-state index contributed by atoms with van der Waals surface area (Å²) < 4.78 is 0. The van der Waals surface area contributed by atoms with E-state index in [0.29, 0.717) is 0 Å². The molecule has 1 fully saturated rings. The van der Waals surface area contributed by atoms with Crippen molar-refractivity contribution >= 4 is 39.9 Å². The summed E-state index contributed by atoms with van der Waals surface area (Å²) in [5.41, 5.74) is 3.63. The summed E-state index contributed by atoms with van der Waals surface area (Å²) in [6.07, 6.45) is 1.96. The largest absolute Gasteiger partial charge is 0.352 e. The summed E-state index contributed by atoms with van der Waals surface area (Å²) >= 11 is 6.51. The first-order valence-electron chi connectivity index (χ1n) is 11.0. The first-order valence-corrected chi connectivity index (χ1v) is 11.4. The van der Waals surface area contributed by atoms with E-state index in [9.17, 15) is 4.79 Å². The smallest absolute Gasteiger partial charge is 0.234 e. The normalized spacial score (nSPS) is 18.4. The van der Waals surface area contributed by atoms with Crippen LogP contribution in [0.25, 0.3) is 10.9 Å². The number of aryl methyl sites for hydroxylation is 1. The molecule has 2 aromatic carbocycles. The molecule has 3 aromatic rings. The van der Waals surface area contributed by atoms with Crippen molar-refractivity contribution in [1.29, 1.82) is 0 Å². The highest BCUT2D eigenvalue weighted by Crippen LogP contribution is 2.40. The number of rotatable bonds is 5. The Morgan fingerprint density at radius 2 is 1.90 bits per heavy atom. The Bertz CT molecular complexity index is 1130. The molecule has 6 nitrogen and oxygen atoms in total. The van der Waals surface area contributed by atoms with Gasteiger partial charge in [0.1, 0.15) is 0 Å². The summed E-state index contributed by atoms with van der Waals surface area (Å²) in [5.74, 6) is 1.10. The highest BCUT2D eigenvalue weighted by Gasteiger charge is 2.38. The zero-order valence-electron chi connectivity index (χ0n) is 18.0. The molecule has 1 aromatic heterocycles. The van der Waals surface area contributed by atoms with Crippen LogP contribution in [0.5, 0.6) is 0 Å². The SMILES string of the molecule is CC1(C)C(=O)Nc2cc(Cl)c(CCCN3CCN(c4n[nH]c5ccccc45)CC3)cc21. The predicted octanol–water partition coefficient (Wildman–Crippen LogP) is 4.20. The number of hydrogen-bond acceptors (Lipinski definition) is 4. The van der Waals surface area contributed by atoms with Gasteiger partial charge in [0.15, 0.2) is 5.82 Å². The lowest BCUT2D eigenvalue weighted by Gasteiger charge is -2.35. The number of aromatic amines is 1. The minimum atomic E-state index is -0.499. The highest BCUT2D eigenvalue weighted by molar-refractivity contribution is 6.32. The van der Waals surface area contributed by atoms with Gasteiger partial charge in [-0.15, -0.1) is 0 Å². The van der Waals surface area contributed by atoms with E-state index >= 15 is 0 Å². The molecule has 1 saturated heterocycles. The quantitative estimate of drug-likeness (QED) is 0.627. The number of fused-ring (bicyclic) bond motifs is 2. The van der Waals surface area contributed by atoms with Crippen LogP contribution < -0.4 is 10.2 Å². The first-order chi connectivity index (χ1) is 14.9. The molecule has 0 spiro atoms. The van der Waals surface area contributed by atoms with E-state index in [1.54, 1.807) is 0 Å². The van der Waals surface area contributed by atoms with Crippen molar-refractivity contribution in [2.24, 2.45) is 0 Å².